The average Bonchev–Trinajstić information content (AvgIpc) is 2.92. The number of rotatable bonds is 6. The highest BCUT2D eigenvalue weighted by Crippen LogP contribution is 2.31. The van der Waals surface area contributed by atoms with Crippen molar-refractivity contribution in [2.24, 2.45) is 5.41 Å². The maximum Gasteiger partial charge on any atom is 0.313 e. The smallest absolute Gasteiger partial charge is 0.313 e. The number of methoxy groups -OCH3 is 1. The topological polar surface area (TPSA) is 66.8 Å². The summed E-state index contributed by atoms with van der Waals surface area (Å²) in [5.74, 6) is -0.920. The van der Waals surface area contributed by atoms with Crippen LogP contribution in [0, 0.1) is 5.41 Å². The first-order valence-electron chi connectivity index (χ1n) is 7.21. The molecular weight excluding hydrogens is 306 g/mol. The zero-order chi connectivity index (χ0) is 16.2. The van der Waals surface area contributed by atoms with E-state index in [2.05, 4.69) is 0 Å². The normalized spacial score (nSPS) is 21.1. The fourth-order valence-electron chi connectivity index (χ4n) is 2.78. The van der Waals surface area contributed by atoms with E-state index in [-0.39, 0.29) is 19.1 Å². The van der Waals surface area contributed by atoms with E-state index in [1.54, 1.807) is 17.0 Å². The fourth-order valence-corrected chi connectivity index (χ4v) is 2.90. The van der Waals surface area contributed by atoms with Crippen LogP contribution in [-0.4, -0.2) is 48.7 Å². The van der Waals surface area contributed by atoms with Crippen molar-refractivity contribution in [1.82, 2.24) is 4.90 Å². The maximum atomic E-state index is 12.3. The molecule has 0 saturated carbocycles. The molecule has 2 rings (SSSR count). The van der Waals surface area contributed by atoms with Crippen molar-refractivity contribution >= 4 is 23.5 Å². The first-order valence-corrected chi connectivity index (χ1v) is 7.59. The first-order chi connectivity index (χ1) is 10.5. The Morgan fingerprint density at radius 1 is 1.36 bits per heavy atom. The minimum absolute atomic E-state index is 0.0193. The molecule has 0 aromatic heterocycles. The number of halogens is 1. The third-order valence-electron chi connectivity index (χ3n) is 4.12. The van der Waals surface area contributed by atoms with Crippen LogP contribution in [0.25, 0.3) is 0 Å². The van der Waals surface area contributed by atoms with Gasteiger partial charge in [0.05, 0.1) is 6.61 Å². The number of hydrogen-bond donors (Lipinski definition) is 1. The lowest BCUT2D eigenvalue weighted by atomic mass is 9.88. The SMILES string of the molecule is COCC1(C(=O)O)CCN(C(=O)CCc2ccc(Cl)cc2)C1. The van der Waals surface area contributed by atoms with Gasteiger partial charge < -0.3 is 14.7 Å². The lowest BCUT2D eigenvalue weighted by Gasteiger charge is -2.23. The fraction of sp³-hybridized carbons (Fsp3) is 0.500. The van der Waals surface area contributed by atoms with Crippen LogP contribution >= 0.6 is 11.6 Å². The zero-order valence-electron chi connectivity index (χ0n) is 12.5. The lowest BCUT2D eigenvalue weighted by molar-refractivity contribution is -0.151. The van der Waals surface area contributed by atoms with Crippen LogP contribution in [0.1, 0.15) is 18.4 Å². The summed E-state index contributed by atoms with van der Waals surface area (Å²) in [7, 11) is 1.48. The van der Waals surface area contributed by atoms with Crippen LogP contribution < -0.4 is 0 Å². The summed E-state index contributed by atoms with van der Waals surface area (Å²) in [5, 5.41) is 10.1. The van der Waals surface area contributed by atoms with Crippen LogP contribution in [0.2, 0.25) is 5.02 Å². The van der Waals surface area contributed by atoms with Crippen LogP contribution in [0.15, 0.2) is 24.3 Å². The zero-order valence-corrected chi connectivity index (χ0v) is 13.3. The molecule has 0 bridgehead atoms. The summed E-state index contributed by atoms with van der Waals surface area (Å²) in [6.07, 6.45) is 1.42. The predicted molar refractivity (Wildman–Crippen MR) is 82.9 cm³/mol. The number of aliphatic carboxylic acids is 1. The second-order valence-electron chi connectivity index (χ2n) is 5.71. The molecule has 1 aromatic carbocycles. The third-order valence-corrected chi connectivity index (χ3v) is 4.37. The molecule has 0 radical (unpaired) electrons. The molecule has 1 saturated heterocycles. The molecule has 1 aliphatic heterocycles. The van der Waals surface area contributed by atoms with Crippen molar-refractivity contribution in [2.75, 3.05) is 26.8 Å². The molecule has 5 nitrogen and oxygen atoms in total. The van der Waals surface area contributed by atoms with Crippen LogP contribution in [-0.2, 0) is 20.7 Å². The Bertz CT molecular complexity index is 546. The summed E-state index contributed by atoms with van der Waals surface area (Å²) in [6, 6.07) is 7.38. The number of carboxylic acids is 1. The van der Waals surface area contributed by atoms with E-state index >= 15 is 0 Å². The monoisotopic (exact) mass is 325 g/mol. The van der Waals surface area contributed by atoms with Crippen molar-refractivity contribution in [3.05, 3.63) is 34.9 Å². The van der Waals surface area contributed by atoms with Gasteiger partial charge in [0.25, 0.3) is 0 Å². The minimum Gasteiger partial charge on any atom is -0.481 e. The lowest BCUT2D eigenvalue weighted by Crippen LogP contribution is -2.40. The second kappa shape index (κ2) is 7.11. The molecule has 6 heteroatoms. The van der Waals surface area contributed by atoms with Gasteiger partial charge in [-0.2, -0.15) is 0 Å². The first kappa shape index (κ1) is 16.8. The number of ether oxygens (including phenoxy) is 1. The highest BCUT2D eigenvalue weighted by atomic mass is 35.5. The molecule has 1 fully saturated rings. The highest BCUT2D eigenvalue weighted by molar-refractivity contribution is 6.30. The molecule has 0 spiro atoms. The van der Waals surface area contributed by atoms with Crippen molar-refractivity contribution in [3.63, 3.8) is 0 Å². The van der Waals surface area contributed by atoms with Gasteiger partial charge in [0.15, 0.2) is 0 Å². The van der Waals surface area contributed by atoms with E-state index < -0.39 is 11.4 Å². The number of amides is 1. The Kier molecular flexibility index (Phi) is 5.42. The molecule has 120 valence electrons. The van der Waals surface area contributed by atoms with Crippen LogP contribution in [0.4, 0.5) is 0 Å². The standard InChI is InChI=1S/C16H20ClNO4/c1-22-11-16(15(20)21)8-9-18(10-16)14(19)7-4-12-2-5-13(17)6-3-12/h2-3,5-6H,4,7-11H2,1H3,(H,20,21). The quantitative estimate of drug-likeness (QED) is 0.871. The Hall–Kier alpha value is -1.59. The Labute approximate surface area is 134 Å². The van der Waals surface area contributed by atoms with Gasteiger partial charge in [0, 0.05) is 31.6 Å². The van der Waals surface area contributed by atoms with Crippen molar-refractivity contribution < 1.29 is 19.4 Å². The highest BCUT2D eigenvalue weighted by Gasteiger charge is 2.46. The Balaban J connectivity index is 1.91. The number of carbonyl (C=O) groups excluding carboxylic acids is 1. The van der Waals surface area contributed by atoms with E-state index in [0.29, 0.717) is 30.8 Å². The van der Waals surface area contributed by atoms with Gasteiger partial charge in [-0.1, -0.05) is 23.7 Å². The van der Waals surface area contributed by atoms with E-state index in [4.69, 9.17) is 16.3 Å². The number of hydrogen-bond acceptors (Lipinski definition) is 3. The largest absolute Gasteiger partial charge is 0.481 e. The maximum absolute atomic E-state index is 12.3. The van der Waals surface area contributed by atoms with E-state index in [0.717, 1.165) is 5.56 Å². The molecule has 1 aromatic rings. The molecule has 1 unspecified atom stereocenters. The number of benzene rings is 1. The average molecular weight is 326 g/mol. The molecule has 1 amide bonds. The summed E-state index contributed by atoms with van der Waals surface area (Å²) in [4.78, 5) is 25.4. The van der Waals surface area contributed by atoms with Gasteiger partial charge in [0.2, 0.25) is 5.91 Å². The summed E-state index contributed by atoms with van der Waals surface area (Å²) >= 11 is 5.83. The van der Waals surface area contributed by atoms with Crippen molar-refractivity contribution in [1.29, 1.82) is 0 Å². The molecule has 1 aliphatic rings. The number of nitrogens with zero attached hydrogens (tertiary/aromatic N) is 1. The molecule has 1 heterocycles. The van der Waals surface area contributed by atoms with E-state index in [1.807, 2.05) is 12.1 Å². The summed E-state index contributed by atoms with van der Waals surface area (Å²) in [5.41, 5.74) is 0.0725. The van der Waals surface area contributed by atoms with E-state index in [1.165, 1.54) is 7.11 Å². The number of carbonyl (C=O) groups is 2. The van der Waals surface area contributed by atoms with Gasteiger partial charge in [-0.25, -0.2) is 0 Å². The Morgan fingerprint density at radius 2 is 2.05 bits per heavy atom. The molecule has 1 N–H and O–H groups in total. The van der Waals surface area contributed by atoms with Gasteiger partial charge in [-0.05, 0) is 30.5 Å². The summed E-state index contributed by atoms with van der Waals surface area (Å²) in [6.45, 7) is 0.814. The van der Waals surface area contributed by atoms with Crippen molar-refractivity contribution in [3.8, 4) is 0 Å². The van der Waals surface area contributed by atoms with Crippen molar-refractivity contribution in [2.45, 2.75) is 19.3 Å². The molecule has 0 aliphatic carbocycles. The van der Waals surface area contributed by atoms with Gasteiger partial charge in [0.1, 0.15) is 5.41 Å². The predicted octanol–water partition coefficient (Wildman–Crippen LogP) is 2.22. The minimum atomic E-state index is -0.968. The second-order valence-corrected chi connectivity index (χ2v) is 6.15. The number of carboxylic acid groups (broad SMARTS) is 1. The molecular formula is C16H20ClNO4. The van der Waals surface area contributed by atoms with E-state index in [9.17, 15) is 14.7 Å². The molecule has 1 atom stereocenters. The van der Waals surface area contributed by atoms with Gasteiger partial charge in [-0.15, -0.1) is 0 Å². The van der Waals surface area contributed by atoms with Crippen LogP contribution in [0.3, 0.4) is 0 Å². The van der Waals surface area contributed by atoms with Crippen LogP contribution in [0.5, 0.6) is 0 Å². The van der Waals surface area contributed by atoms with Gasteiger partial charge >= 0.3 is 5.97 Å². The molecule has 22 heavy (non-hydrogen) atoms. The number of likely N-dealkylation sites (tertiary alicyclic amines) is 1. The summed E-state index contributed by atoms with van der Waals surface area (Å²) < 4.78 is 5.03. The number of aryl methyl sites for hydroxylation is 1. The third kappa shape index (κ3) is 3.78. The Morgan fingerprint density at radius 3 is 2.64 bits per heavy atom. The van der Waals surface area contributed by atoms with Gasteiger partial charge in [-0.3, -0.25) is 9.59 Å².